The maximum Gasteiger partial charge on any atom is 0.337 e. The molecule has 0 radical (unpaired) electrons. The maximum absolute atomic E-state index is 11.2. The highest BCUT2D eigenvalue weighted by atomic mass is 35.5. The molecule has 0 amide bonds. The summed E-state index contributed by atoms with van der Waals surface area (Å²) in [6.07, 6.45) is 1.98. The average molecular weight is 356 g/mol. The number of aromatic nitrogens is 2. The second-order valence-corrected chi connectivity index (χ2v) is 5.96. The molecule has 0 bridgehead atoms. The lowest BCUT2D eigenvalue weighted by molar-refractivity contribution is 0.0699. The van der Waals surface area contributed by atoms with Crippen LogP contribution in [0.2, 0.25) is 15.1 Å². The Morgan fingerprint density at radius 2 is 1.86 bits per heavy atom. The van der Waals surface area contributed by atoms with Gasteiger partial charge in [-0.25, -0.2) is 4.79 Å². The smallest absolute Gasteiger partial charge is 0.337 e. The van der Waals surface area contributed by atoms with Gasteiger partial charge in [-0.1, -0.05) is 34.8 Å². The van der Waals surface area contributed by atoms with Gasteiger partial charge >= 0.3 is 5.97 Å². The van der Waals surface area contributed by atoms with Gasteiger partial charge in [0.1, 0.15) is 0 Å². The molecular weight excluding hydrogens is 347 g/mol. The normalized spacial score (nSPS) is 11.0. The third kappa shape index (κ3) is 2.77. The predicted molar refractivity (Wildman–Crippen MR) is 87.3 cm³/mol. The Morgan fingerprint density at radius 3 is 2.50 bits per heavy atom. The second-order valence-electron chi connectivity index (χ2n) is 4.77. The largest absolute Gasteiger partial charge is 0.478 e. The van der Waals surface area contributed by atoms with Gasteiger partial charge in [0.15, 0.2) is 0 Å². The Labute approximate surface area is 140 Å². The van der Waals surface area contributed by atoms with Crippen LogP contribution in [0, 0.1) is 0 Å². The molecule has 2 N–H and O–H groups in total. The van der Waals surface area contributed by atoms with Crippen LogP contribution in [-0.4, -0.2) is 21.0 Å². The van der Waals surface area contributed by atoms with Crippen LogP contribution in [0.1, 0.15) is 21.6 Å². The van der Waals surface area contributed by atoms with E-state index in [9.17, 15) is 9.90 Å². The molecule has 3 rings (SSSR count). The third-order valence-electron chi connectivity index (χ3n) is 3.25. The Bertz CT molecular complexity index is 867. The lowest BCUT2D eigenvalue weighted by atomic mass is 10.1. The van der Waals surface area contributed by atoms with E-state index in [1.54, 1.807) is 18.2 Å². The van der Waals surface area contributed by atoms with E-state index in [0.717, 1.165) is 11.3 Å². The molecule has 0 aliphatic heterocycles. The topological polar surface area (TPSA) is 66.0 Å². The first kappa shape index (κ1) is 15.2. The number of carbonyl (C=O) groups is 1. The lowest BCUT2D eigenvalue weighted by Gasteiger charge is -2.04. The number of carboxylic acids is 1. The van der Waals surface area contributed by atoms with Crippen LogP contribution in [0.3, 0.4) is 0 Å². The van der Waals surface area contributed by atoms with Gasteiger partial charge in [-0.3, -0.25) is 4.98 Å². The van der Waals surface area contributed by atoms with Gasteiger partial charge in [0.2, 0.25) is 0 Å². The number of benzene rings is 1. The van der Waals surface area contributed by atoms with Crippen LogP contribution < -0.4 is 0 Å². The molecule has 0 aliphatic carbocycles. The first-order chi connectivity index (χ1) is 10.5. The number of hydrogen-bond donors (Lipinski definition) is 2. The van der Waals surface area contributed by atoms with Gasteiger partial charge in [-0.2, -0.15) is 0 Å². The monoisotopic (exact) mass is 354 g/mol. The highest BCUT2D eigenvalue weighted by molar-refractivity contribution is 6.48. The predicted octanol–water partition coefficient (Wildman–Crippen LogP) is 4.81. The minimum atomic E-state index is -1.00. The third-order valence-corrected chi connectivity index (χ3v) is 4.44. The number of nitrogens with zero attached hydrogens (tertiary/aromatic N) is 1. The van der Waals surface area contributed by atoms with Crippen molar-refractivity contribution in [2.24, 2.45) is 0 Å². The van der Waals surface area contributed by atoms with Crippen molar-refractivity contribution >= 4 is 51.8 Å². The van der Waals surface area contributed by atoms with Crippen molar-refractivity contribution in [3.63, 3.8) is 0 Å². The lowest BCUT2D eigenvalue weighted by Crippen LogP contribution is -1.98. The minimum absolute atomic E-state index is 0.184. The molecule has 2 aromatic heterocycles. The van der Waals surface area contributed by atoms with Crippen molar-refractivity contribution in [2.75, 3.05) is 0 Å². The molecule has 0 saturated carbocycles. The van der Waals surface area contributed by atoms with Gasteiger partial charge in [-0.05, 0) is 29.8 Å². The summed E-state index contributed by atoms with van der Waals surface area (Å²) in [4.78, 5) is 18.5. The quantitative estimate of drug-likeness (QED) is 0.662. The van der Waals surface area contributed by atoms with Gasteiger partial charge < -0.3 is 10.1 Å². The highest BCUT2D eigenvalue weighted by Crippen LogP contribution is 2.32. The summed E-state index contributed by atoms with van der Waals surface area (Å²) in [7, 11) is 0. The number of nitrogens with one attached hydrogen (secondary N) is 1. The van der Waals surface area contributed by atoms with E-state index in [1.165, 1.54) is 12.3 Å². The van der Waals surface area contributed by atoms with Crippen molar-refractivity contribution in [3.8, 4) is 0 Å². The fourth-order valence-electron chi connectivity index (χ4n) is 2.28. The second kappa shape index (κ2) is 5.80. The van der Waals surface area contributed by atoms with Crippen LogP contribution in [0.25, 0.3) is 11.0 Å². The number of aromatic amines is 1. The number of pyridine rings is 1. The van der Waals surface area contributed by atoms with Crippen molar-refractivity contribution < 1.29 is 9.90 Å². The fraction of sp³-hybridized carbons (Fsp3) is 0.0667. The molecule has 0 spiro atoms. The van der Waals surface area contributed by atoms with E-state index < -0.39 is 5.97 Å². The Kier molecular flexibility index (Phi) is 4.00. The zero-order chi connectivity index (χ0) is 15.9. The van der Waals surface area contributed by atoms with Gasteiger partial charge in [0.25, 0.3) is 0 Å². The van der Waals surface area contributed by atoms with Crippen molar-refractivity contribution in [1.82, 2.24) is 9.97 Å². The van der Waals surface area contributed by atoms with Gasteiger partial charge in [0, 0.05) is 18.3 Å². The minimum Gasteiger partial charge on any atom is -0.478 e. The van der Waals surface area contributed by atoms with E-state index in [4.69, 9.17) is 34.8 Å². The summed E-state index contributed by atoms with van der Waals surface area (Å²) in [5.41, 5.74) is 2.95. The molecule has 22 heavy (non-hydrogen) atoms. The molecular formula is C15H9Cl3N2O2. The molecule has 0 saturated heterocycles. The molecule has 0 aliphatic rings. The molecule has 0 unspecified atom stereocenters. The van der Waals surface area contributed by atoms with Crippen molar-refractivity contribution in [2.45, 2.75) is 6.42 Å². The molecule has 112 valence electrons. The highest BCUT2D eigenvalue weighted by Gasteiger charge is 2.13. The molecule has 7 heteroatoms. The number of aromatic carboxylic acids is 1. The summed E-state index contributed by atoms with van der Waals surface area (Å²) in [6, 6.07) is 6.72. The van der Waals surface area contributed by atoms with E-state index in [1.807, 2.05) is 0 Å². The summed E-state index contributed by atoms with van der Waals surface area (Å²) >= 11 is 18.0. The fourth-order valence-corrected chi connectivity index (χ4v) is 2.93. The summed E-state index contributed by atoms with van der Waals surface area (Å²) in [5, 5.41) is 10.3. The van der Waals surface area contributed by atoms with Crippen LogP contribution in [-0.2, 0) is 6.42 Å². The van der Waals surface area contributed by atoms with Crippen molar-refractivity contribution in [3.05, 3.63) is 62.4 Å². The van der Waals surface area contributed by atoms with E-state index in [0.29, 0.717) is 32.5 Å². The summed E-state index contributed by atoms with van der Waals surface area (Å²) in [5.74, 6) is -1.00. The average Bonchev–Trinajstić information content (AvgIpc) is 2.86. The number of H-pyrrole nitrogens is 1. The zero-order valence-electron chi connectivity index (χ0n) is 11.0. The van der Waals surface area contributed by atoms with Gasteiger partial charge in [-0.15, -0.1) is 0 Å². The standard InChI is InChI=1S/C15H9Cl3N2O2/c16-10-4-7(5-11(17)13(10)18)3-8-6-12-14(20-8)9(15(21)22)1-2-19-12/h1-2,4-6,20H,3H2,(H,21,22). The van der Waals surface area contributed by atoms with E-state index in [2.05, 4.69) is 9.97 Å². The summed E-state index contributed by atoms with van der Waals surface area (Å²) < 4.78 is 0. The van der Waals surface area contributed by atoms with Crippen molar-refractivity contribution in [1.29, 1.82) is 0 Å². The Balaban J connectivity index is 2.01. The van der Waals surface area contributed by atoms with Crippen LogP contribution in [0.5, 0.6) is 0 Å². The number of halogens is 3. The molecule has 0 fully saturated rings. The van der Waals surface area contributed by atoms with E-state index in [-0.39, 0.29) is 5.56 Å². The number of fused-ring (bicyclic) bond motifs is 1. The van der Waals surface area contributed by atoms with Crippen LogP contribution >= 0.6 is 34.8 Å². The number of rotatable bonds is 3. The first-order valence-corrected chi connectivity index (χ1v) is 7.42. The molecule has 3 aromatic rings. The number of carboxylic acid groups (broad SMARTS) is 1. The zero-order valence-corrected chi connectivity index (χ0v) is 13.3. The van der Waals surface area contributed by atoms with Crippen LogP contribution in [0.4, 0.5) is 0 Å². The van der Waals surface area contributed by atoms with Crippen LogP contribution in [0.15, 0.2) is 30.5 Å². The Hall–Kier alpha value is -1.75. The first-order valence-electron chi connectivity index (χ1n) is 6.29. The number of hydrogen-bond acceptors (Lipinski definition) is 2. The molecule has 0 atom stereocenters. The van der Waals surface area contributed by atoms with E-state index >= 15 is 0 Å². The Morgan fingerprint density at radius 1 is 1.18 bits per heavy atom. The van der Waals surface area contributed by atoms with Gasteiger partial charge in [0.05, 0.1) is 31.7 Å². The summed E-state index contributed by atoms with van der Waals surface area (Å²) in [6.45, 7) is 0. The molecule has 4 nitrogen and oxygen atoms in total. The molecule has 1 aromatic carbocycles. The SMILES string of the molecule is O=C(O)c1ccnc2cc(Cc3cc(Cl)c(Cl)c(Cl)c3)[nH]c12. The molecule has 2 heterocycles. The maximum atomic E-state index is 11.2.